The minimum Gasteiger partial charge on any atom is -0.354 e. The van der Waals surface area contributed by atoms with E-state index in [9.17, 15) is 10.1 Å². The summed E-state index contributed by atoms with van der Waals surface area (Å²) in [5.41, 5.74) is 1.39. The number of anilines is 2. The lowest BCUT2D eigenvalue weighted by molar-refractivity contribution is -0.384. The number of hydrogen-bond donors (Lipinski definition) is 1. The molecule has 0 unspecified atom stereocenters. The van der Waals surface area contributed by atoms with Gasteiger partial charge < -0.3 is 5.32 Å². The number of nitro benzene ring substituents is 1. The van der Waals surface area contributed by atoms with Gasteiger partial charge in [0.2, 0.25) is 0 Å². The number of non-ortho nitro benzene ring substituents is 1. The van der Waals surface area contributed by atoms with E-state index >= 15 is 0 Å². The quantitative estimate of drug-likeness (QED) is 0.660. The first-order valence-electron chi connectivity index (χ1n) is 4.93. The number of para-hydroxylation sites is 1. The average Bonchev–Trinajstić information content (AvgIpc) is 2.32. The van der Waals surface area contributed by atoms with E-state index in [4.69, 9.17) is 11.6 Å². The number of benzene rings is 2. The van der Waals surface area contributed by atoms with Crippen LogP contribution in [-0.2, 0) is 0 Å². The van der Waals surface area contributed by atoms with Crippen LogP contribution in [0.2, 0.25) is 5.02 Å². The molecule has 2 aromatic carbocycles. The third kappa shape index (κ3) is 2.73. The highest BCUT2D eigenvalue weighted by molar-refractivity contribution is 6.33. The molecule has 0 aliphatic rings. The van der Waals surface area contributed by atoms with Gasteiger partial charge in [-0.05, 0) is 18.2 Å². The van der Waals surface area contributed by atoms with E-state index in [1.54, 1.807) is 24.3 Å². The average molecular weight is 249 g/mol. The predicted octanol–water partition coefficient (Wildman–Crippen LogP) is 3.99. The number of nitrogens with zero attached hydrogens (tertiary/aromatic N) is 1. The number of rotatable bonds is 3. The maximum absolute atomic E-state index is 10.6. The first-order valence-corrected chi connectivity index (χ1v) is 5.30. The monoisotopic (exact) mass is 248 g/mol. The van der Waals surface area contributed by atoms with Gasteiger partial charge in [0.25, 0.3) is 5.69 Å². The maximum Gasteiger partial charge on any atom is 0.271 e. The Morgan fingerprint density at radius 1 is 1.12 bits per heavy atom. The highest BCUT2D eigenvalue weighted by atomic mass is 35.5. The molecule has 0 aromatic heterocycles. The van der Waals surface area contributed by atoms with E-state index in [1.807, 2.05) is 12.1 Å². The van der Waals surface area contributed by atoms with Crippen molar-refractivity contribution >= 4 is 28.7 Å². The van der Waals surface area contributed by atoms with Crippen molar-refractivity contribution in [3.05, 3.63) is 63.7 Å². The summed E-state index contributed by atoms with van der Waals surface area (Å²) in [5.74, 6) is 0. The second-order valence-electron chi connectivity index (χ2n) is 3.41. The molecule has 0 fully saturated rings. The standard InChI is InChI=1S/C12H9ClN2O2/c13-11-6-1-2-7-12(11)14-9-4-3-5-10(8-9)15(16)17/h1-8,14H. The topological polar surface area (TPSA) is 55.2 Å². The smallest absolute Gasteiger partial charge is 0.271 e. The third-order valence-corrected chi connectivity index (χ3v) is 2.54. The summed E-state index contributed by atoms with van der Waals surface area (Å²) >= 11 is 5.98. The molecule has 0 amide bonds. The Balaban J connectivity index is 2.28. The van der Waals surface area contributed by atoms with Crippen molar-refractivity contribution in [1.82, 2.24) is 0 Å². The van der Waals surface area contributed by atoms with Crippen molar-refractivity contribution in [1.29, 1.82) is 0 Å². The van der Waals surface area contributed by atoms with E-state index in [0.29, 0.717) is 10.7 Å². The molecule has 2 aromatic rings. The fourth-order valence-electron chi connectivity index (χ4n) is 1.42. The summed E-state index contributed by atoms with van der Waals surface area (Å²) in [7, 11) is 0. The fourth-order valence-corrected chi connectivity index (χ4v) is 1.60. The van der Waals surface area contributed by atoms with E-state index < -0.39 is 4.92 Å². The normalized spacial score (nSPS) is 9.94. The molecule has 0 aliphatic carbocycles. The molecule has 0 saturated heterocycles. The van der Waals surface area contributed by atoms with Crippen molar-refractivity contribution in [2.75, 3.05) is 5.32 Å². The molecule has 0 atom stereocenters. The highest BCUT2D eigenvalue weighted by Gasteiger charge is 2.06. The van der Waals surface area contributed by atoms with Crippen LogP contribution in [0.15, 0.2) is 48.5 Å². The Labute approximate surface area is 103 Å². The lowest BCUT2D eigenvalue weighted by Gasteiger charge is -2.07. The first kappa shape index (κ1) is 11.4. The van der Waals surface area contributed by atoms with E-state index in [1.165, 1.54) is 12.1 Å². The van der Waals surface area contributed by atoms with Crippen LogP contribution >= 0.6 is 11.6 Å². The summed E-state index contributed by atoms with van der Waals surface area (Å²) in [4.78, 5) is 10.2. The summed E-state index contributed by atoms with van der Waals surface area (Å²) in [6.45, 7) is 0. The van der Waals surface area contributed by atoms with Crippen molar-refractivity contribution in [3.63, 3.8) is 0 Å². The second-order valence-corrected chi connectivity index (χ2v) is 3.82. The van der Waals surface area contributed by atoms with Gasteiger partial charge in [0.1, 0.15) is 0 Å². The zero-order chi connectivity index (χ0) is 12.3. The van der Waals surface area contributed by atoms with Crippen LogP contribution in [-0.4, -0.2) is 4.92 Å². The SMILES string of the molecule is O=[N+]([O-])c1cccc(Nc2ccccc2Cl)c1. The summed E-state index contributed by atoms with van der Waals surface area (Å²) in [5, 5.41) is 14.2. The van der Waals surface area contributed by atoms with Gasteiger partial charge in [-0.2, -0.15) is 0 Å². The van der Waals surface area contributed by atoms with Crippen molar-refractivity contribution < 1.29 is 4.92 Å². The lowest BCUT2D eigenvalue weighted by atomic mass is 10.2. The van der Waals surface area contributed by atoms with E-state index in [0.717, 1.165) is 5.69 Å². The minimum atomic E-state index is -0.433. The van der Waals surface area contributed by atoms with Crippen LogP contribution in [0.1, 0.15) is 0 Å². The van der Waals surface area contributed by atoms with Crippen molar-refractivity contribution in [2.24, 2.45) is 0 Å². The molecule has 17 heavy (non-hydrogen) atoms. The van der Waals surface area contributed by atoms with Gasteiger partial charge in [-0.15, -0.1) is 0 Å². The summed E-state index contributed by atoms with van der Waals surface area (Å²) in [6.07, 6.45) is 0. The summed E-state index contributed by atoms with van der Waals surface area (Å²) in [6, 6.07) is 13.5. The van der Waals surface area contributed by atoms with Crippen LogP contribution in [0.3, 0.4) is 0 Å². The van der Waals surface area contributed by atoms with Crippen LogP contribution in [0, 0.1) is 10.1 Å². The first-order chi connectivity index (χ1) is 8.16. The van der Waals surface area contributed by atoms with Crippen LogP contribution in [0.25, 0.3) is 0 Å². The molecule has 4 nitrogen and oxygen atoms in total. The largest absolute Gasteiger partial charge is 0.354 e. The molecule has 0 aliphatic heterocycles. The Hall–Kier alpha value is -2.07. The molecule has 2 rings (SSSR count). The molecule has 0 spiro atoms. The molecule has 0 bridgehead atoms. The van der Waals surface area contributed by atoms with E-state index in [-0.39, 0.29) is 5.69 Å². The van der Waals surface area contributed by atoms with E-state index in [2.05, 4.69) is 5.32 Å². The molecule has 5 heteroatoms. The Bertz CT molecular complexity index is 558. The van der Waals surface area contributed by atoms with Crippen LogP contribution in [0.4, 0.5) is 17.1 Å². The summed E-state index contributed by atoms with van der Waals surface area (Å²) < 4.78 is 0. The molecular formula is C12H9ClN2O2. The fraction of sp³-hybridized carbons (Fsp3) is 0. The molecule has 0 saturated carbocycles. The van der Waals surface area contributed by atoms with Crippen molar-refractivity contribution in [2.45, 2.75) is 0 Å². The lowest BCUT2D eigenvalue weighted by Crippen LogP contribution is -1.93. The number of nitrogens with one attached hydrogen (secondary N) is 1. The minimum absolute atomic E-state index is 0.0436. The van der Waals surface area contributed by atoms with Gasteiger partial charge >= 0.3 is 0 Å². The van der Waals surface area contributed by atoms with Crippen LogP contribution in [0.5, 0.6) is 0 Å². The number of hydrogen-bond acceptors (Lipinski definition) is 3. The van der Waals surface area contributed by atoms with Gasteiger partial charge in [-0.25, -0.2) is 0 Å². The maximum atomic E-state index is 10.6. The van der Waals surface area contributed by atoms with Gasteiger partial charge in [0, 0.05) is 17.8 Å². The zero-order valence-electron chi connectivity index (χ0n) is 8.76. The van der Waals surface area contributed by atoms with Gasteiger partial charge in [0.15, 0.2) is 0 Å². The Morgan fingerprint density at radius 2 is 1.88 bits per heavy atom. The number of halogens is 1. The molecule has 0 heterocycles. The molecule has 1 N–H and O–H groups in total. The van der Waals surface area contributed by atoms with Crippen LogP contribution < -0.4 is 5.32 Å². The second kappa shape index (κ2) is 4.84. The number of nitro groups is 1. The van der Waals surface area contributed by atoms with Gasteiger partial charge in [-0.3, -0.25) is 10.1 Å². The predicted molar refractivity (Wildman–Crippen MR) is 67.8 cm³/mol. The Morgan fingerprint density at radius 3 is 2.59 bits per heavy atom. The molecular weight excluding hydrogens is 240 g/mol. The molecule has 0 radical (unpaired) electrons. The van der Waals surface area contributed by atoms with Gasteiger partial charge in [-0.1, -0.05) is 29.8 Å². The molecule has 86 valence electrons. The highest BCUT2D eigenvalue weighted by Crippen LogP contribution is 2.26. The third-order valence-electron chi connectivity index (χ3n) is 2.21. The van der Waals surface area contributed by atoms with Crippen molar-refractivity contribution in [3.8, 4) is 0 Å². The Kier molecular flexibility index (Phi) is 3.25. The zero-order valence-corrected chi connectivity index (χ0v) is 9.52. The van der Waals surface area contributed by atoms with Gasteiger partial charge in [0.05, 0.1) is 15.6 Å².